The summed E-state index contributed by atoms with van der Waals surface area (Å²) < 4.78 is 25.8. The number of rotatable bonds is 2. The maximum atomic E-state index is 12.9. The molecule has 92 valence electrons. The van der Waals surface area contributed by atoms with Crippen molar-refractivity contribution >= 4 is 5.69 Å². The van der Waals surface area contributed by atoms with Gasteiger partial charge in [-0.25, -0.2) is 8.78 Å². The van der Waals surface area contributed by atoms with Gasteiger partial charge in [0.05, 0.1) is 16.0 Å². The second kappa shape index (κ2) is 3.46. The Labute approximate surface area is 96.6 Å². The number of hydrogen-bond donors (Lipinski definition) is 1. The van der Waals surface area contributed by atoms with Gasteiger partial charge >= 0.3 is 0 Å². The van der Waals surface area contributed by atoms with Gasteiger partial charge in [0.15, 0.2) is 0 Å². The molecule has 0 atom stereocenters. The fourth-order valence-corrected chi connectivity index (χ4v) is 2.27. The first-order chi connectivity index (χ1) is 7.73. The van der Waals surface area contributed by atoms with Gasteiger partial charge in [0.2, 0.25) is 0 Å². The van der Waals surface area contributed by atoms with E-state index in [0.717, 1.165) is 5.56 Å². The van der Waals surface area contributed by atoms with Crippen LogP contribution in [0.2, 0.25) is 0 Å². The van der Waals surface area contributed by atoms with Crippen molar-refractivity contribution in [3.63, 3.8) is 0 Å². The van der Waals surface area contributed by atoms with Crippen LogP contribution in [0.15, 0.2) is 18.2 Å². The molecule has 0 aromatic heterocycles. The zero-order valence-electron chi connectivity index (χ0n) is 9.24. The molecule has 2 rings (SSSR count). The van der Waals surface area contributed by atoms with Crippen molar-refractivity contribution < 1.29 is 13.7 Å². The molecule has 2 N–H and O–H groups in total. The second-order valence-electron chi connectivity index (χ2n) is 4.64. The average Bonchev–Trinajstić information content (AvgIpc) is 2.13. The highest BCUT2D eigenvalue weighted by atomic mass is 19.3. The summed E-state index contributed by atoms with van der Waals surface area (Å²) >= 11 is 0. The van der Waals surface area contributed by atoms with Gasteiger partial charge in [-0.2, -0.15) is 0 Å². The molecule has 1 aromatic carbocycles. The lowest BCUT2D eigenvalue weighted by atomic mass is 9.69. The number of benzene rings is 1. The van der Waals surface area contributed by atoms with Crippen LogP contribution in [0.25, 0.3) is 0 Å². The van der Waals surface area contributed by atoms with Crippen molar-refractivity contribution in [1.82, 2.24) is 0 Å². The summed E-state index contributed by atoms with van der Waals surface area (Å²) in [6, 6.07) is 4.41. The Balaban J connectivity index is 2.45. The minimum Gasteiger partial charge on any atom is -0.321 e. The van der Waals surface area contributed by atoms with Crippen molar-refractivity contribution in [2.45, 2.75) is 31.2 Å². The third-order valence-corrected chi connectivity index (χ3v) is 3.03. The summed E-state index contributed by atoms with van der Waals surface area (Å²) in [4.78, 5) is 10.3. The summed E-state index contributed by atoms with van der Waals surface area (Å²) in [6.07, 6.45) is -1.07. The van der Waals surface area contributed by atoms with E-state index in [9.17, 15) is 18.9 Å². The van der Waals surface area contributed by atoms with Crippen LogP contribution in [0.5, 0.6) is 0 Å². The first-order valence-corrected chi connectivity index (χ1v) is 5.16. The van der Waals surface area contributed by atoms with E-state index < -0.39 is 29.2 Å². The fourth-order valence-electron chi connectivity index (χ4n) is 2.27. The van der Waals surface area contributed by atoms with Crippen LogP contribution >= 0.6 is 0 Å². The molecule has 0 saturated heterocycles. The Morgan fingerprint density at radius 3 is 2.47 bits per heavy atom. The molecule has 1 aliphatic carbocycles. The van der Waals surface area contributed by atoms with Crippen LogP contribution in [0.4, 0.5) is 14.5 Å². The molecule has 0 radical (unpaired) electrons. The van der Waals surface area contributed by atoms with Gasteiger partial charge in [-0.3, -0.25) is 10.1 Å². The van der Waals surface area contributed by atoms with Crippen molar-refractivity contribution in [2.24, 2.45) is 5.73 Å². The smallest absolute Gasteiger partial charge is 0.274 e. The maximum Gasteiger partial charge on any atom is 0.274 e. The number of nitrogens with zero attached hydrogens (tertiary/aromatic N) is 1. The lowest BCUT2D eigenvalue weighted by Gasteiger charge is -2.44. The number of aryl methyl sites for hydroxylation is 1. The minimum absolute atomic E-state index is 0.186. The summed E-state index contributed by atoms with van der Waals surface area (Å²) in [6.45, 7) is 1.74. The topological polar surface area (TPSA) is 69.2 Å². The van der Waals surface area contributed by atoms with Crippen LogP contribution in [0.1, 0.15) is 24.0 Å². The average molecular weight is 242 g/mol. The number of hydrogen-bond acceptors (Lipinski definition) is 3. The predicted molar refractivity (Wildman–Crippen MR) is 57.9 cm³/mol. The molecule has 1 aliphatic rings. The minimum atomic E-state index is -2.81. The van der Waals surface area contributed by atoms with Crippen LogP contribution in [-0.2, 0) is 5.54 Å². The van der Waals surface area contributed by atoms with Crippen LogP contribution in [-0.4, -0.2) is 10.8 Å². The Hall–Kier alpha value is -1.56. The molecule has 4 nitrogen and oxygen atoms in total. The van der Waals surface area contributed by atoms with Gasteiger partial charge in [0.1, 0.15) is 0 Å². The monoisotopic (exact) mass is 242 g/mol. The van der Waals surface area contributed by atoms with E-state index in [0.29, 0.717) is 0 Å². The zero-order chi connectivity index (χ0) is 12.8. The molecule has 0 spiro atoms. The number of nitrogens with two attached hydrogens (primary N) is 1. The molecule has 6 heteroatoms. The quantitative estimate of drug-likeness (QED) is 0.639. The van der Waals surface area contributed by atoms with Gasteiger partial charge < -0.3 is 5.73 Å². The van der Waals surface area contributed by atoms with E-state index in [4.69, 9.17) is 5.73 Å². The fraction of sp³-hybridized carbons (Fsp3) is 0.455. The summed E-state index contributed by atoms with van der Waals surface area (Å²) in [7, 11) is 0. The van der Waals surface area contributed by atoms with Crippen LogP contribution in [0.3, 0.4) is 0 Å². The van der Waals surface area contributed by atoms with E-state index in [2.05, 4.69) is 0 Å². The Kier molecular flexibility index (Phi) is 2.43. The van der Waals surface area contributed by atoms with E-state index in [1.165, 1.54) is 12.1 Å². The SMILES string of the molecule is Cc1ccc([N+](=O)[O-])c(C2(N)CC(F)(F)C2)c1. The van der Waals surface area contributed by atoms with Crippen molar-refractivity contribution in [3.05, 3.63) is 39.4 Å². The summed E-state index contributed by atoms with van der Waals surface area (Å²) in [5, 5.41) is 10.8. The molecule has 1 aromatic rings. The van der Waals surface area contributed by atoms with Crippen molar-refractivity contribution in [1.29, 1.82) is 0 Å². The molecule has 0 aliphatic heterocycles. The summed E-state index contributed by atoms with van der Waals surface area (Å²) in [5.41, 5.74) is 5.33. The van der Waals surface area contributed by atoms with E-state index in [-0.39, 0.29) is 11.3 Å². The molecular weight excluding hydrogens is 230 g/mol. The number of alkyl halides is 2. The third kappa shape index (κ3) is 2.00. The first kappa shape index (κ1) is 11.9. The Morgan fingerprint density at radius 2 is 2.00 bits per heavy atom. The molecule has 0 bridgehead atoms. The highest BCUT2D eigenvalue weighted by Gasteiger charge is 2.57. The largest absolute Gasteiger partial charge is 0.321 e. The van der Waals surface area contributed by atoms with E-state index in [1.54, 1.807) is 13.0 Å². The van der Waals surface area contributed by atoms with Gasteiger partial charge in [0.25, 0.3) is 11.6 Å². The zero-order valence-corrected chi connectivity index (χ0v) is 9.24. The molecule has 0 amide bonds. The number of nitro groups is 1. The molecule has 17 heavy (non-hydrogen) atoms. The molecule has 1 saturated carbocycles. The molecule has 0 unspecified atom stereocenters. The Morgan fingerprint density at radius 1 is 1.41 bits per heavy atom. The van der Waals surface area contributed by atoms with E-state index in [1.807, 2.05) is 0 Å². The lowest BCUT2D eigenvalue weighted by Crippen LogP contribution is -2.55. The van der Waals surface area contributed by atoms with Gasteiger partial charge in [0, 0.05) is 18.9 Å². The molecule has 1 fully saturated rings. The normalized spacial score (nSPS) is 20.7. The molecule has 0 heterocycles. The highest BCUT2D eigenvalue weighted by molar-refractivity contribution is 5.48. The number of halogens is 2. The van der Waals surface area contributed by atoms with Crippen LogP contribution < -0.4 is 5.73 Å². The first-order valence-electron chi connectivity index (χ1n) is 5.16. The van der Waals surface area contributed by atoms with Crippen LogP contribution in [0, 0.1) is 17.0 Å². The number of nitro benzene ring substituents is 1. The maximum absolute atomic E-state index is 12.9. The van der Waals surface area contributed by atoms with E-state index >= 15 is 0 Å². The van der Waals surface area contributed by atoms with Gasteiger partial charge in [-0.05, 0) is 13.0 Å². The Bertz CT molecular complexity index is 480. The summed E-state index contributed by atoms with van der Waals surface area (Å²) in [5.74, 6) is -2.81. The second-order valence-corrected chi connectivity index (χ2v) is 4.64. The standard InChI is InChI=1S/C11H12F2N2O2/c1-7-2-3-9(15(16)17)8(4-7)10(14)5-11(12,13)6-10/h2-4H,5-6,14H2,1H3. The highest BCUT2D eigenvalue weighted by Crippen LogP contribution is 2.51. The van der Waals surface area contributed by atoms with Gasteiger partial charge in [-0.1, -0.05) is 11.6 Å². The van der Waals surface area contributed by atoms with Gasteiger partial charge in [-0.15, -0.1) is 0 Å². The van der Waals surface area contributed by atoms with Crippen molar-refractivity contribution in [2.75, 3.05) is 0 Å². The predicted octanol–water partition coefficient (Wildman–Crippen LogP) is 2.49. The lowest BCUT2D eigenvalue weighted by molar-refractivity contribution is -0.386. The van der Waals surface area contributed by atoms with Crippen molar-refractivity contribution in [3.8, 4) is 0 Å². The molecular formula is C11H12F2N2O2. The third-order valence-electron chi connectivity index (χ3n) is 3.03.